The number of rotatable bonds is 4. The van der Waals surface area contributed by atoms with Gasteiger partial charge in [0.05, 0.1) is 12.1 Å². The number of aryl methyl sites for hydroxylation is 2. The predicted molar refractivity (Wildman–Crippen MR) is 78.4 cm³/mol. The summed E-state index contributed by atoms with van der Waals surface area (Å²) in [4.78, 5) is 25.0. The third-order valence-corrected chi connectivity index (χ3v) is 4.19. The minimum Gasteiger partial charge on any atom is -0.478 e. The topological polar surface area (TPSA) is 66.4 Å². The molecular weight excluding hydrogens is 274 g/mol. The van der Waals surface area contributed by atoms with E-state index in [9.17, 15) is 9.59 Å². The quantitative estimate of drug-likeness (QED) is 0.909. The predicted octanol–water partition coefficient (Wildman–Crippen LogP) is 2.99. The summed E-state index contributed by atoms with van der Waals surface area (Å²) in [7, 11) is 0. The fraction of sp³-hybridized carbons (Fsp3) is 0.200. The van der Waals surface area contributed by atoms with Gasteiger partial charge in [0.2, 0.25) is 0 Å². The van der Waals surface area contributed by atoms with Gasteiger partial charge >= 0.3 is 5.97 Å². The Labute approximate surface area is 121 Å². The Kier molecular flexibility index (Phi) is 4.20. The molecule has 0 radical (unpaired) electrons. The molecule has 0 aliphatic carbocycles. The molecule has 0 unspecified atom stereocenters. The van der Waals surface area contributed by atoms with E-state index in [1.54, 1.807) is 11.3 Å². The van der Waals surface area contributed by atoms with E-state index in [1.807, 2.05) is 6.92 Å². The van der Waals surface area contributed by atoms with Gasteiger partial charge in [0.1, 0.15) is 0 Å². The normalized spacial score (nSPS) is 10.3. The van der Waals surface area contributed by atoms with Gasteiger partial charge in [0, 0.05) is 15.3 Å². The number of thiophene rings is 1. The van der Waals surface area contributed by atoms with Crippen LogP contribution in [0.1, 0.15) is 36.0 Å². The third-order valence-electron chi connectivity index (χ3n) is 3.03. The number of benzene rings is 1. The molecular formula is C15H15NO3S. The van der Waals surface area contributed by atoms with Gasteiger partial charge in [-0.2, -0.15) is 0 Å². The van der Waals surface area contributed by atoms with Crippen molar-refractivity contribution >= 4 is 23.2 Å². The van der Waals surface area contributed by atoms with Crippen LogP contribution in [0.5, 0.6) is 0 Å². The van der Waals surface area contributed by atoms with Crippen molar-refractivity contribution in [3.63, 3.8) is 0 Å². The van der Waals surface area contributed by atoms with Crippen LogP contribution in [0.4, 0.5) is 0 Å². The second-order valence-electron chi connectivity index (χ2n) is 4.52. The number of nitrogens with one attached hydrogen (secondary N) is 1. The average Bonchev–Trinajstić information content (AvgIpc) is 2.75. The lowest BCUT2D eigenvalue weighted by atomic mass is 10.1. The van der Waals surface area contributed by atoms with Crippen LogP contribution in [0.3, 0.4) is 0 Å². The summed E-state index contributed by atoms with van der Waals surface area (Å²) >= 11 is 1.67. The highest BCUT2D eigenvalue weighted by Crippen LogP contribution is 2.20. The summed E-state index contributed by atoms with van der Waals surface area (Å²) in [6.07, 6.45) is 0. The van der Waals surface area contributed by atoms with E-state index in [1.165, 1.54) is 34.7 Å². The van der Waals surface area contributed by atoms with E-state index in [2.05, 4.69) is 18.3 Å². The van der Waals surface area contributed by atoms with Crippen molar-refractivity contribution in [3.05, 3.63) is 56.8 Å². The van der Waals surface area contributed by atoms with Crippen LogP contribution >= 0.6 is 11.3 Å². The van der Waals surface area contributed by atoms with Gasteiger partial charge in [0.15, 0.2) is 0 Å². The summed E-state index contributed by atoms with van der Waals surface area (Å²) in [5.74, 6) is -1.20. The summed E-state index contributed by atoms with van der Waals surface area (Å²) in [5, 5.41) is 11.6. The van der Waals surface area contributed by atoms with Gasteiger partial charge in [-0.15, -0.1) is 11.3 Å². The van der Waals surface area contributed by atoms with E-state index in [0.717, 1.165) is 4.88 Å². The molecule has 2 N–H and O–H groups in total. The third kappa shape index (κ3) is 3.24. The molecule has 5 heteroatoms. The van der Waals surface area contributed by atoms with Gasteiger partial charge in [-0.3, -0.25) is 4.79 Å². The summed E-state index contributed by atoms with van der Waals surface area (Å²) in [6.45, 7) is 4.58. The number of carbonyl (C=O) groups is 2. The fourth-order valence-electron chi connectivity index (χ4n) is 1.77. The Morgan fingerprint density at radius 2 is 1.75 bits per heavy atom. The molecule has 0 aliphatic rings. The van der Waals surface area contributed by atoms with E-state index in [0.29, 0.717) is 12.1 Å². The van der Waals surface area contributed by atoms with Crippen molar-refractivity contribution in [3.8, 4) is 0 Å². The van der Waals surface area contributed by atoms with Gasteiger partial charge in [-0.1, -0.05) is 0 Å². The first-order valence-electron chi connectivity index (χ1n) is 6.15. The standard InChI is InChI=1S/C15H15NO3S/c1-9-7-13(20-10(9)2)8-16-14(17)11-3-5-12(6-4-11)15(18)19/h3-7H,8H2,1-2H3,(H,16,17)(H,18,19). The summed E-state index contributed by atoms with van der Waals surface area (Å²) in [5.41, 5.74) is 1.86. The number of hydrogen-bond acceptors (Lipinski definition) is 3. The molecule has 1 amide bonds. The van der Waals surface area contributed by atoms with Crippen molar-refractivity contribution in [2.75, 3.05) is 0 Å². The highest BCUT2D eigenvalue weighted by Gasteiger charge is 2.08. The second kappa shape index (κ2) is 5.88. The molecule has 2 aromatic rings. The zero-order chi connectivity index (χ0) is 14.7. The molecule has 104 valence electrons. The molecule has 0 saturated carbocycles. The maximum Gasteiger partial charge on any atom is 0.335 e. The maximum atomic E-state index is 11.9. The van der Waals surface area contributed by atoms with Gasteiger partial charge in [-0.25, -0.2) is 4.79 Å². The molecule has 0 bridgehead atoms. The van der Waals surface area contributed by atoms with Crippen molar-refractivity contribution < 1.29 is 14.7 Å². The Bertz CT molecular complexity index is 624. The van der Waals surface area contributed by atoms with Crippen LogP contribution in [0, 0.1) is 13.8 Å². The summed E-state index contributed by atoms with van der Waals surface area (Å²) in [6, 6.07) is 7.95. The lowest BCUT2D eigenvalue weighted by molar-refractivity contribution is 0.0696. The van der Waals surface area contributed by atoms with Crippen molar-refractivity contribution in [1.82, 2.24) is 5.32 Å². The first-order chi connectivity index (χ1) is 9.47. The highest BCUT2D eigenvalue weighted by atomic mass is 32.1. The molecule has 1 aromatic carbocycles. The molecule has 0 spiro atoms. The van der Waals surface area contributed by atoms with Crippen molar-refractivity contribution in [2.45, 2.75) is 20.4 Å². The van der Waals surface area contributed by atoms with Crippen LogP contribution in [-0.4, -0.2) is 17.0 Å². The van der Waals surface area contributed by atoms with Crippen molar-refractivity contribution in [2.24, 2.45) is 0 Å². The lowest BCUT2D eigenvalue weighted by Crippen LogP contribution is -2.22. The van der Waals surface area contributed by atoms with Crippen LogP contribution in [0.15, 0.2) is 30.3 Å². The molecule has 2 rings (SSSR count). The van der Waals surface area contributed by atoms with E-state index >= 15 is 0 Å². The largest absolute Gasteiger partial charge is 0.478 e. The molecule has 1 aromatic heterocycles. The number of amides is 1. The van der Waals surface area contributed by atoms with Gasteiger partial charge < -0.3 is 10.4 Å². The monoisotopic (exact) mass is 289 g/mol. The van der Waals surface area contributed by atoms with E-state index in [-0.39, 0.29) is 11.5 Å². The van der Waals surface area contributed by atoms with Crippen LogP contribution in [-0.2, 0) is 6.54 Å². The van der Waals surface area contributed by atoms with Crippen LogP contribution in [0.2, 0.25) is 0 Å². The molecule has 0 saturated heterocycles. The van der Waals surface area contributed by atoms with E-state index in [4.69, 9.17) is 5.11 Å². The molecule has 0 atom stereocenters. The zero-order valence-electron chi connectivity index (χ0n) is 11.3. The fourth-order valence-corrected chi connectivity index (χ4v) is 2.76. The molecule has 0 fully saturated rings. The Balaban J connectivity index is 1.99. The number of hydrogen-bond donors (Lipinski definition) is 2. The SMILES string of the molecule is Cc1cc(CNC(=O)c2ccc(C(=O)O)cc2)sc1C. The number of carbonyl (C=O) groups excluding carboxylic acids is 1. The average molecular weight is 289 g/mol. The Morgan fingerprint density at radius 1 is 1.15 bits per heavy atom. The molecule has 4 nitrogen and oxygen atoms in total. The molecule has 0 aliphatic heterocycles. The lowest BCUT2D eigenvalue weighted by Gasteiger charge is -2.04. The van der Waals surface area contributed by atoms with Gasteiger partial charge in [0.25, 0.3) is 5.91 Å². The van der Waals surface area contributed by atoms with E-state index < -0.39 is 5.97 Å². The number of aromatic carboxylic acids is 1. The zero-order valence-corrected chi connectivity index (χ0v) is 12.1. The number of carboxylic acid groups (broad SMARTS) is 1. The Morgan fingerprint density at radius 3 is 2.25 bits per heavy atom. The minimum atomic E-state index is -0.999. The number of carboxylic acids is 1. The summed E-state index contributed by atoms with van der Waals surface area (Å²) < 4.78 is 0. The minimum absolute atomic E-state index is 0.172. The second-order valence-corrected chi connectivity index (χ2v) is 5.86. The molecule has 20 heavy (non-hydrogen) atoms. The Hall–Kier alpha value is -2.14. The van der Waals surface area contributed by atoms with Crippen LogP contribution < -0.4 is 5.32 Å². The smallest absolute Gasteiger partial charge is 0.335 e. The molecule has 1 heterocycles. The first-order valence-corrected chi connectivity index (χ1v) is 6.96. The highest BCUT2D eigenvalue weighted by molar-refractivity contribution is 7.12. The van der Waals surface area contributed by atoms with Crippen LogP contribution in [0.25, 0.3) is 0 Å². The van der Waals surface area contributed by atoms with Gasteiger partial charge in [-0.05, 0) is 49.7 Å². The first kappa shape index (κ1) is 14.3. The maximum absolute atomic E-state index is 11.9. The van der Waals surface area contributed by atoms with Crippen molar-refractivity contribution in [1.29, 1.82) is 0 Å².